The fraction of sp³-hybridized carbons (Fsp3) is 0.600. The van der Waals surface area contributed by atoms with Crippen LogP contribution >= 0.6 is 0 Å². The smallest absolute Gasteiger partial charge is 0.333 e. The third kappa shape index (κ3) is 3.19. The third-order valence-electron chi connectivity index (χ3n) is 5.89. The van der Waals surface area contributed by atoms with Gasteiger partial charge in [0.2, 0.25) is 0 Å². The highest BCUT2D eigenvalue weighted by atomic mass is 16.5. The predicted molar refractivity (Wildman–Crippen MR) is 91.8 cm³/mol. The van der Waals surface area contributed by atoms with E-state index < -0.39 is 0 Å². The van der Waals surface area contributed by atoms with Crippen LogP contribution in [0, 0.1) is 17.3 Å². The van der Waals surface area contributed by atoms with E-state index in [0.717, 1.165) is 24.8 Å². The van der Waals surface area contributed by atoms with E-state index in [-0.39, 0.29) is 35.1 Å². The van der Waals surface area contributed by atoms with E-state index in [0.29, 0.717) is 5.57 Å². The monoisotopic (exact) mass is 316 g/mol. The first-order valence-electron chi connectivity index (χ1n) is 8.45. The number of esters is 1. The van der Waals surface area contributed by atoms with Gasteiger partial charge in [0.1, 0.15) is 6.10 Å². The molecule has 0 aromatic heterocycles. The third-order valence-corrected chi connectivity index (χ3v) is 5.89. The molecule has 0 unspecified atom stereocenters. The maximum atomic E-state index is 12.3. The zero-order valence-corrected chi connectivity index (χ0v) is 14.9. The van der Waals surface area contributed by atoms with Gasteiger partial charge in [-0.05, 0) is 51.5 Å². The molecule has 0 aliphatic heterocycles. The molecule has 0 spiro atoms. The lowest BCUT2D eigenvalue weighted by molar-refractivity contribution is -0.151. The minimum atomic E-state index is -0.233. The number of rotatable bonds is 3. The van der Waals surface area contributed by atoms with Crippen molar-refractivity contribution < 1.29 is 14.3 Å². The summed E-state index contributed by atoms with van der Waals surface area (Å²) in [6, 6.07) is 0. The van der Waals surface area contributed by atoms with Gasteiger partial charge in [-0.1, -0.05) is 37.6 Å². The molecule has 0 bridgehead atoms. The molecule has 3 heteroatoms. The molecule has 3 nitrogen and oxygen atoms in total. The van der Waals surface area contributed by atoms with Crippen molar-refractivity contribution in [2.45, 2.75) is 60.0 Å². The Balaban J connectivity index is 2.25. The first-order chi connectivity index (χ1) is 10.7. The molecule has 0 heterocycles. The van der Waals surface area contributed by atoms with Crippen molar-refractivity contribution in [2.75, 3.05) is 0 Å². The van der Waals surface area contributed by atoms with E-state index in [9.17, 15) is 9.59 Å². The first-order valence-corrected chi connectivity index (χ1v) is 8.45. The van der Waals surface area contributed by atoms with Crippen LogP contribution in [0.15, 0.2) is 35.5 Å². The number of carbonyl (C=O) groups excluding carboxylic acids is 2. The van der Waals surface area contributed by atoms with Crippen LogP contribution in [0.1, 0.15) is 53.9 Å². The van der Waals surface area contributed by atoms with Gasteiger partial charge in [0.25, 0.3) is 0 Å². The molecule has 2 aliphatic rings. The molecule has 0 radical (unpaired) electrons. The summed E-state index contributed by atoms with van der Waals surface area (Å²) in [5.41, 5.74) is 2.66. The van der Waals surface area contributed by atoms with Crippen LogP contribution in [0.4, 0.5) is 0 Å². The fourth-order valence-corrected chi connectivity index (χ4v) is 3.81. The van der Waals surface area contributed by atoms with Crippen LogP contribution in [0.2, 0.25) is 0 Å². The molecule has 0 saturated heterocycles. The van der Waals surface area contributed by atoms with Crippen LogP contribution in [-0.2, 0) is 14.3 Å². The molecule has 0 aromatic carbocycles. The largest absolute Gasteiger partial charge is 0.459 e. The standard InChI is InChI=1S/C20H28O3/c1-7-13(4)19(22)23-18-9-8-15-10-17(21)16(12(2)3)11-20(15,6)14(18)5/h7,10,14,16,18H,2,8-9,11H2,1,3-6H3/b13-7+/t14-,16+,18-,20+/m1/s1. The normalized spacial score (nSPS) is 34.5. The van der Waals surface area contributed by atoms with Crippen molar-refractivity contribution >= 4 is 11.8 Å². The number of ketones is 1. The van der Waals surface area contributed by atoms with Crippen molar-refractivity contribution in [1.82, 2.24) is 0 Å². The topological polar surface area (TPSA) is 43.4 Å². The number of allylic oxidation sites excluding steroid dienone is 4. The Morgan fingerprint density at radius 1 is 1.43 bits per heavy atom. The van der Waals surface area contributed by atoms with Gasteiger partial charge in [-0.2, -0.15) is 0 Å². The zero-order chi connectivity index (χ0) is 17.4. The number of hydrogen-bond donors (Lipinski definition) is 0. The van der Waals surface area contributed by atoms with Gasteiger partial charge in [-0.3, -0.25) is 4.79 Å². The van der Waals surface area contributed by atoms with Gasteiger partial charge in [0, 0.05) is 17.4 Å². The highest BCUT2D eigenvalue weighted by molar-refractivity contribution is 5.95. The van der Waals surface area contributed by atoms with Crippen LogP contribution < -0.4 is 0 Å². The zero-order valence-electron chi connectivity index (χ0n) is 14.9. The minimum Gasteiger partial charge on any atom is -0.459 e. The summed E-state index contributed by atoms with van der Waals surface area (Å²) < 4.78 is 5.75. The van der Waals surface area contributed by atoms with E-state index in [1.54, 1.807) is 13.0 Å². The number of hydrogen-bond acceptors (Lipinski definition) is 3. The highest BCUT2D eigenvalue weighted by Gasteiger charge is 2.48. The Kier molecular flexibility index (Phi) is 4.98. The van der Waals surface area contributed by atoms with Crippen LogP contribution in [-0.4, -0.2) is 17.9 Å². The molecular formula is C20H28O3. The van der Waals surface area contributed by atoms with Gasteiger partial charge in [-0.25, -0.2) is 4.79 Å². The molecule has 126 valence electrons. The van der Waals surface area contributed by atoms with Crippen molar-refractivity contribution in [3.05, 3.63) is 35.5 Å². The lowest BCUT2D eigenvalue weighted by Crippen LogP contribution is -2.46. The number of carbonyl (C=O) groups is 2. The number of fused-ring (bicyclic) bond motifs is 1. The quantitative estimate of drug-likeness (QED) is 0.440. The van der Waals surface area contributed by atoms with E-state index >= 15 is 0 Å². The van der Waals surface area contributed by atoms with Gasteiger partial charge in [0.05, 0.1) is 0 Å². The second kappa shape index (κ2) is 6.46. The highest BCUT2D eigenvalue weighted by Crippen LogP contribution is 2.53. The van der Waals surface area contributed by atoms with Gasteiger partial charge >= 0.3 is 5.97 Å². The second-order valence-corrected chi connectivity index (χ2v) is 7.34. The Hall–Kier alpha value is -1.64. The number of ether oxygens (including phenoxy) is 1. The maximum absolute atomic E-state index is 12.3. The molecule has 23 heavy (non-hydrogen) atoms. The lowest BCUT2D eigenvalue weighted by atomic mass is 9.57. The van der Waals surface area contributed by atoms with Crippen LogP contribution in [0.5, 0.6) is 0 Å². The van der Waals surface area contributed by atoms with Gasteiger partial charge in [0.15, 0.2) is 5.78 Å². The predicted octanol–water partition coefficient (Wildman–Crippen LogP) is 4.39. The summed E-state index contributed by atoms with van der Waals surface area (Å²) in [5, 5.41) is 0. The van der Waals surface area contributed by atoms with E-state index in [4.69, 9.17) is 4.74 Å². The van der Waals surface area contributed by atoms with Crippen molar-refractivity contribution in [1.29, 1.82) is 0 Å². The molecular weight excluding hydrogens is 288 g/mol. The fourth-order valence-electron chi connectivity index (χ4n) is 3.81. The van der Waals surface area contributed by atoms with Crippen molar-refractivity contribution in [3.8, 4) is 0 Å². The summed E-state index contributed by atoms with van der Waals surface area (Å²) in [7, 11) is 0. The van der Waals surface area contributed by atoms with Crippen molar-refractivity contribution in [3.63, 3.8) is 0 Å². The SMILES string of the molecule is C=C(C)[C@@H]1C[C@]2(C)C(=CC1=O)CC[C@@H](OC(=O)/C(C)=C/C)[C@H]2C. The summed E-state index contributed by atoms with van der Waals surface area (Å²) in [4.78, 5) is 24.4. The summed E-state index contributed by atoms with van der Waals surface area (Å²) >= 11 is 0. The molecule has 0 N–H and O–H groups in total. The Morgan fingerprint density at radius 2 is 2.09 bits per heavy atom. The molecule has 4 atom stereocenters. The first kappa shape index (κ1) is 17.7. The second-order valence-electron chi connectivity index (χ2n) is 7.34. The molecule has 0 aromatic rings. The summed E-state index contributed by atoms with van der Waals surface area (Å²) in [6.45, 7) is 13.9. The average molecular weight is 316 g/mol. The van der Waals surface area contributed by atoms with E-state index in [1.165, 1.54) is 5.57 Å². The molecule has 1 saturated carbocycles. The van der Waals surface area contributed by atoms with Crippen molar-refractivity contribution in [2.24, 2.45) is 17.3 Å². The average Bonchev–Trinajstić information content (AvgIpc) is 2.50. The van der Waals surface area contributed by atoms with Gasteiger partial charge in [-0.15, -0.1) is 0 Å². The van der Waals surface area contributed by atoms with E-state index in [2.05, 4.69) is 20.4 Å². The molecule has 2 aliphatic carbocycles. The Morgan fingerprint density at radius 3 is 2.65 bits per heavy atom. The maximum Gasteiger partial charge on any atom is 0.333 e. The van der Waals surface area contributed by atoms with Crippen LogP contribution in [0.25, 0.3) is 0 Å². The molecule has 0 amide bonds. The summed E-state index contributed by atoms with van der Waals surface area (Å²) in [5.74, 6) is 0.0186. The summed E-state index contributed by atoms with van der Waals surface area (Å²) in [6.07, 6.45) is 5.88. The van der Waals surface area contributed by atoms with Gasteiger partial charge < -0.3 is 4.74 Å². The Bertz CT molecular complexity index is 596. The van der Waals surface area contributed by atoms with E-state index in [1.807, 2.05) is 19.9 Å². The molecule has 2 rings (SSSR count). The molecule has 1 fully saturated rings. The Labute approximate surface area is 139 Å². The minimum absolute atomic E-state index is 0.0986. The lowest BCUT2D eigenvalue weighted by Gasteiger charge is -2.49. The van der Waals surface area contributed by atoms with Crippen LogP contribution in [0.3, 0.4) is 0 Å².